The molecule has 1 unspecified atom stereocenters. The minimum Gasteiger partial charge on any atom is -0.495 e. The van der Waals surface area contributed by atoms with Crippen molar-refractivity contribution < 1.29 is 132 Å². The molecule has 5 aromatic carbocycles. The van der Waals surface area contributed by atoms with Crippen molar-refractivity contribution in [3.05, 3.63) is 227 Å². The summed E-state index contributed by atoms with van der Waals surface area (Å²) in [5, 5.41) is 0. The molecular weight excluding hydrogens is 1870 g/mol. The number of piperazine rings is 2. The number of pyridine rings is 3. The molecule has 6 aliphatic heterocycles. The second-order valence-electron chi connectivity index (χ2n) is 35.9. The van der Waals surface area contributed by atoms with E-state index < -0.39 is 140 Å². The van der Waals surface area contributed by atoms with Crippen LogP contribution in [-0.4, -0.2) is 240 Å². The van der Waals surface area contributed by atoms with Crippen molar-refractivity contribution in [3.63, 3.8) is 0 Å². The zero-order chi connectivity index (χ0) is 101. The first-order valence-electron chi connectivity index (χ1n) is 46.5. The summed E-state index contributed by atoms with van der Waals surface area (Å²) in [7, 11) is 3.12. The average molecular weight is 1980 g/mol. The van der Waals surface area contributed by atoms with Gasteiger partial charge in [-0.3, -0.25) is 43.7 Å². The van der Waals surface area contributed by atoms with Gasteiger partial charge in [-0.25, -0.2) is 4.39 Å². The first kappa shape index (κ1) is 105. The lowest BCUT2D eigenvalue weighted by atomic mass is 9.79. The third kappa shape index (κ3) is 24.7. The van der Waals surface area contributed by atoms with E-state index in [1.807, 2.05) is 48.2 Å². The van der Waals surface area contributed by atoms with E-state index in [1.165, 1.54) is 38.8 Å². The largest absolute Gasteiger partial charge is 0.495 e. The van der Waals surface area contributed by atoms with Gasteiger partial charge in [-0.05, 0) is 178 Å². The van der Waals surface area contributed by atoms with Crippen molar-refractivity contribution in [2.75, 3.05) is 135 Å². The minimum atomic E-state index is -4.87. The molecule has 8 aromatic rings. The molecule has 756 valence electrons. The second kappa shape index (κ2) is 44.7. The Morgan fingerprint density at radius 1 is 0.443 bits per heavy atom. The van der Waals surface area contributed by atoms with Crippen LogP contribution in [-0.2, 0) is 54.7 Å². The number of carbonyl (C=O) groups is 6. The van der Waals surface area contributed by atoms with Gasteiger partial charge in [0.2, 0.25) is 16.8 Å². The van der Waals surface area contributed by atoms with Crippen LogP contribution in [0.15, 0.2) is 171 Å². The van der Waals surface area contributed by atoms with Crippen LogP contribution in [0, 0.1) is 11.7 Å². The first-order chi connectivity index (χ1) is 66.5. The third-order valence-corrected chi connectivity index (χ3v) is 26.2. The van der Waals surface area contributed by atoms with E-state index in [0.717, 1.165) is 128 Å². The molecule has 6 amide bonds. The molecule has 15 rings (SSSR count). The standard InChI is InChI=1S/C36H39F7N4O5.C33H37F3N4O4.C31H35F6N3O4/c1-3-5-31-34(52-26-9-6-24(7-10-26)35(38,39)40,13-4-15-47(31)32(48)27-23-44-14-12-28(27)36(41,42)43)33(49)46-18-16-45(17-19-46)29-11-8-25(37)22-30(29)51-21-20-50-2;1-23(2)24-9-11-25(12-10-24)44-32(31(42)39-19-17-38(18-20-39)28-7-4-5-8-29(28)43-3)14-6-16-40(22-32)30(41)26-21-37-15-13-27(26)33(34,35)36;1-2-4-26-29(44-22-9-7-21(8-10-22)30(32,33)34,28(42)39-16-12-23(18-39)43-19-20-5-6-20)13-3-15-40(26)27(41)24-17-38-14-11-25(24)31(35,36)37/h6-12,14,22-23,31H,3-5,13,15-21H2,1-2H3;4-5,7-13,15,21,23H,6,14,16-20,22H2,1-3H3;7-11,14,17,20,23,26H,2-6,12-13,15-16,18-19H2,1H3/t31-,34+;;23-,26-,29+/m1.1/s1. The fourth-order valence-electron chi connectivity index (χ4n) is 18.9. The van der Waals surface area contributed by atoms with E-state index in [1.54, 1.807) is 42.0 Å². The van der Waals surface area contributed by atoms with Crippen LogP contribution in [0.4, 0.5) is 81.6 Å². The summed E-state index contributed by atoms with van der Waals surface area (Å²) in [6, 6.07) is 27.1. The molecule has 1 aliphatic carbocycles. The van der Waals surface area contributed by atoms with Crippen molar-refractivity contribution >= 4 is 46.8 Å². The van der Waals surface area contributed by atoms with Gasteiger partial charge in [0.25, 0.3) is 35.4 Å². The number of halogens is 16. The predicted octanol–water partition coefficient (Wildman–Crippen LogP) is 18.9. The molecule has 6 atom stereocenters. The molecule has 3 aromatic heterocycles. The number of benzene rings is 5. The number of likely N-dealkylation sites (tertiary alicyclic amines) is 4. The summed E-state index contributed by atoms with van der Waals surface area (Å²) in [6.45, 7) is 12.2. The van der Waals surface area contributed by atoms with Gasteiger partial charge in [0.15, 0.2) is 0 Å². The van der Waals surface area contributed by atoms with Gasteiger partial charge in [-0.1, -0.05) is 64.8 Å². The van der Waals surface area contributed by atoms with Gasteiger partial charge in [0.05, 0.1) is 94.3 Å². The molecule has 9 heterocycles. The summed E-state index contributed by atoms with van der Waals surface area (Å²) in [6.07, 6.45) is -13.1. The number of carbonyl (C=O) groups excluding carboxylic acids is 6. The number of piperidine rings is 3. The molecule has 0 bridgehead atoms. The Hall–Kier alpha value is -12.2. The van der Waals surface area contributed by atoms with E-state index in [9.17, 15) is 99.0 Å². The number of para-hydroxylation sites is 2. The molecule has 6 saturated heterocycles. The Balaban J connectivity index is 0.000000178. The maximum absolute atomic E-state index is 14.8. The number of methoxy groups -OCH3 is 2. The number of rotatable bonds is 27. The Labute approximate surface area is 799 Å². The van der Waals surface area contributed by atoms with Crippen LogP contribution < -0.4 is 33.5 Å². The lowest BCUT2D eigenvalue weighted by Crippen LogP contribution is -2.69. The number of nitrogens with zero attached hydrogens (tertiary/aromatic N) is 11. The summed E-state index contributed by atoms with van der Waals surface area (Å²) in [5.74, 6) is -2.35. The van der Waals surface area contributed by atoms with Gasteiger partial charge < -0.3 is 72.4 Å². The Kier molecular flexibility index (Phi) is 33.6. The van der Waals surface area contributed by atoms with E-state index >= 15 is 0 Å². The zero-order valence-electron chi connectivity index (χ0n) is 78.0. The smallest absolute Gasteiger partial charge is 0.417 e. The van der Waals surface area contributed by atoms with Crippen molar-refractivity contribution in [1.29, 1.82) is 0 Å². The average Bonchev–Trinajstić information content (AvgIpc) is 0.954. The second-order valence-corrected chi connectivity index (χ2v) is 35.9. The molecule has 140 heavy (non-hydrogen) atoms. The highest BCUT2D eigenvalue weighted by Crippen LogP contribution is 2.47. The van der Waals surface area contributed by atoms with Crippen molar-refractivity contribution in [2.24, 2.45) is 5.92 Å². The Morgan fingerprint density at radius 3 is 1.34 bits per heavy atom. The van der Waals surface area contributed by atoms with E-state index in [4.69, 9.17) is 33.2 Å². The number of hydrogen-bond acceptors (Lipinski definition) is 18. The van der Waals surface area contributed by atoms with E-state index in [-0.39, 0.29) is 140 Å². The highest BCUT2D eigenvalue weighted by molar-refractivity contribution is 5.99. The molecule has 7 fully saturated rings. The molecule has 0 spiro atoms. The Bertz CT molecular complexity index is 5570. The number of anilines is 2. The summed E-state index contributed by atoms with van der Waals surface area (Å²) in [5.41, 5.74) is -9.57. The number of amides is 6. The van der Waals surface area contributed by atoms with E-state index in [0.29, 0.717) is 101 Å². The van der Waals surface area contributed by atoms with Gasteiger partial charge >= 0.3 is 30.9 Å². The van der Waals surface area contributed by atoms with Crippen LogP contribution in [0.2, 0.25) is 0 Å². The van der Waals surface area contributed by atoms with Crippen LogP contribution in [0.5, 0.6) is 28.7 Å². The SMILES string of the molecule is CCC[C@H]1N(C(=O)c2cnccc2C(F)(F)F)CCC[C@@]1(Oc1ccc(C(F)(F)F)cc1)C(=O)N1CCN(c2ccc(F)cc2OCCOC)CC1.CCC[C@H]1N(C(=O)c2cnccc2C(F)(F)F)CCC[C@@]1(Oc1ccc(C(F)(F)F)cc1)C(=O)N1CC[C@@H](OCC2CC2)C1.COc1ccccc1N1CCN(C(=O)C2(Oc3ccc(C(C)C)cc3)CCCN(C(=O)c3cnccc3C(F)(F)F)C2)CC1. The maximum Gasteiger partial charge on any atom is 0.417 e. The topological polar surface area (TPSA) is 232 Å². The van der Waals surface area contributed by atoms with E-state index in [2.05, 4.69) is 33.7 Å². The lowest BCUT2D eigenvalue weighted by Gasteiger charge is -2.51. The van der Waals surface area contributed by atoms with Crippen molar-refractivity contribution in [3.8, 4) is 28.7 Å². The van der Waals surface area contributed by atoms with Gasteiger partial charge in [-0.2, -0.15) is 65.9 Å². The molecule has 1 saturated carbocycles. The van der Waals surface area contributed by atoms with Gasteiger partial charge in [0, 0.05) is 155 Å². The fourth-order valence-corrected chi connectivity index (χ4v) is 18.9. The molecule has 7 aliphatic rings. The molecular formula is C100H111F16N11O13. The fraction of sp³-hybridized carbons (Fsp3) is 0.490. The lowest BCUT2D eigenvalue weighted by molar-refractivity contribution is -0.160. The first-order valence-corrected chi connectivity index (χ1v) is 46.5. The number of ether oxygens (including phenoxy) is 7. The van der Waals surface area contributed by atoms with Crippen LogP contribution in [0.25, 0.3) is 0 Å². The van der Waals surface area contributed by atoms with Gasteiger partial charge in [-0.15, -0.1) is 0 Å². The summed E-state index contributed by atoms with van der Waals surface area (Å²) < 4.78 is 261. The highest BCUT2D eigenvalue weighted by Gasteiger charge is 2.59. The molecule has 24 nitrogen and oxygen atoms in total. The van der Waals surface area contributed by atoms with Crippen molar-refractivity contribution in [2.45, 2.75) is 183 Å². The monoisotopic (exact) mass is 1980 g/mol. The number of hydrogen-bond donors (Lipinski definition) is 0. The van der Waals surface area contributed by atoms with Crippen LogP contribution >= 0.6 is 0 Å². The molecule has 40 heteroatoms. The molecule has 0 radical (unpaired) electrons. The Morgan fingerprint density at radius 2 is 0.886 bits per heavy atom. The quantitative estimate of drug-likeness (QED) is 0.0344. The molecule has 0 N–H and O–H groups in total. The normalized spacial score (nSPS) is 21.1. The highest BCUT2D eigenvalue weighted by atomic mass is 19.4. The van der Waals surface area contributed by atoms with Crippen LogP contribution in [0.3, 0.4) is 0 Å². The zero-order valence-corrected chi connectivity index (χ0v) is 78.0. The number of aromatic nitrogens is 3. The third-order valence-electron chi connectivity index (χ3n) is 26.2. The summed E-state index contributed by atoms with van der Waals surface area (Å²) in [4.78, 5) is 109. The van der Waals surface area contributed by atoms with Gasteiger partial charge in [0.1, 0.15) is 41.2 Å². The maximum atomic E-state index is 14.8. The number of alkyl halides is 15. The predicted molar refractivity (Wildman–Crippen MR) is 482 cm³/mol. The minimum absolute atomic E-state index is 0.00524. The summed E-state index contributed by atoms with van der Waals surface area (Å²) >= 11 is 0. The van der Waals surface area contributed by atoms with Crippen molar-refractivity contribution in [1.82, 2.24) is 44.4 Å². The van der Waals surface area contributed by atoms with Crippen LogP contribution in [0.1, 0.15) is 182 Å².